The fourth-order valence-electron chi connectivity index (χ4n) is 2.97. The molecule has 0 atom stereocenters. The lowest BCUT2D eigenvalue weighted by molar-refractivity contribution is 0.136. The van der Waals surface area contributed by atoms with E-state index >= 15 is 0 Å². The summed E-state index contributed by atoms with van der Waals surface area (Å²) in [4.78, 5) is 16.9. The minimum absolute atomic E-state index is 0.152. The number of carbonyl (C=O) groups excluding carboxylic acids is 1. The van der Waals surface area contributed by atoms with Crippen LogP contribution in [0.4, 0.5) is 10.5 Å². The molecule has 0 spiro atoms. The maximum absolute atomic E-state index is 11.9. The van der Waals surface area contributed by atoms with E-state index in [1.165, 1.54) is 26.2 Å². The highest BCUT2D eigenvalue weighted by molar-refractivity contribution is 5.89. The predicted octanol–water partition coefficient (Wildman–Crippen LogP) is 2.62. The first-order valence-electron chi connectivity index (χ1n) is 9.43. The topological polar surface area (TPSA) is 56.8 Å². The van der Waals surface area contributed by atoms with Gasteiger partial charge in [0.05, 0.1) is 6.61 Å². The van der Waals surface area contributed by atoms with Gasteiger partial charge in [0.1, 0.15) is 5.75 Å². The van der Waals surface area contributed by atoms with E-state index in [0.717, 1.165) is 37.4 Å². The summed E-state index contributed by atoms with van der Waals surface area (Å²) in [5.41, 5.74) is 0.773. The minimum Gasteiger partial charge on any atom is -0.494 e. The van der Waals surface area contributed by atoms with E-state index in [4.69, 9.17) is 4.74 Å². The van der Waals surface area contributed by atoms with Crippen LogP contribution >= 0.6 is 0 Å². The molecule has 1 heterocycles. The average Bonchev–Trinajstić information content (AvgIpc) is 2.64. The van der Waals surface area contributed by atoms with Gasteiger partial charge < -0.3 is 25.2 Å². The molecule has 0 radical (unpaired) electrons. The van der Waals surface area contributed by atoms with E-state index in [0.29, 0.717) is 13.2 Å². The molecule has 0 aliphatic carbocycles. The largest absolute Gasteiger partial charge is 0.494 e. The molecule has 0 aromatic heterocycles. The van der Waals surface area contributed by atoms with Gasteiger partial charge in [-0.05, 0) is 57.1 Å². The number of ether oxygens (including phenoxy) is 1. The van der Waals surface area contributed by atoms with Crippen molar-refractivity contribution in [3.8, 4) is 5.75 Å². The quantitative estimate of drug-likeness (QED) is 0.674. The molecule has 1 aromatic carbocycles. The van der Waals surface area contributed by atoms with Gasteiger partial charge in [0, 0.05) is 38.4 Å². The Morgan fingerprint density at radius 2 is 1.72 bits per heavy atom. The number of unbranched alkanes of at least 4 members (excludes halogenated alkanes) is 1. The lowest BCUT2D eigenvalue weighted by Gasteiger charge is -2.33. The monoisotopic (exact) mass is 348 g/mol. The van der Waals surface area contributed by atoms with Gasteiger partial charge in [-0.3, -0.25) is 0 Å². The summed E-state index contributed by atoms with van der Waals surface area (Å²) in [6.07, 6.45) is 2.13. The van der Waals surface area contributed by atoms with E-state index in [2.05, 4.69) is 27.4 Å². The molecule has 6 nitrogen and oxygen atoms in total. The summed E-state index contributed by atoms with van der Waals surface area (Å²) in [6.45, 7) is 12.5. The molecule has 2 rings (SSSR count). The van der Waals surface area contributed by atoms with Crippen LogP contribution in [0.5, 0.6) is 5.75 Å². The Bertz CT molecular complexity index is 499. The van der Waals surface area contributed by atoms with Crippen molar-refractivity contribution in [1.29, 1.82) is 0 Å². The number of urea groups is 1. The highest BCUT2D eigenvalue weighted by Crippen LogP contribution is 2.15. The number of nitrogens with one attached hydrogen (secondary N) is 2. The molecule has 0 bridgehead atoms. The Morgan fingerprint density at radius 3 is 2.36 bits per heavy atom. The van der Waals surface area contributed by atoms with Crippen molar-refractivity contribution in [2.45, 2.75) is 26.7 Å². The van der Waals surface area contributed by atoms with E-state index in [-0.39, 0.29) is 6.03 Å². The van der Waals surface area contributed by atoms with Gasteiger partial charge in [0.15, 0.2) is 0 Å². The number of hydrogen-bond acceptors (Lipinski definition) is 4. The van der Waals surface area contributed by atoms with Crippen LogP contribution in [0.3, 0.4) is 0 Å². The van der Waals surface area contributed by atoms with Crippen molar-refractivity contribution in [2.75, 3.05) is 57.7 Å². The van der Waals surface area contributed by atoms with Crippen molar-refractivity contribution < 1.29 is 9.53 Å². The summed E-state index contributed by atoms with van der Waals surface area (Å²) in [6, 6.07) is 7.26. The first-order valence-corrected chi connectivity index (χ1v) is 9.43. The molecule has 25 heavy (non-hydrogen) atoms. The first kappa shape index (κ1) is 19.5. The van der Waals surface area contributed by atoms with Gasteiger partial charge in [0.2, 0.25) is 0 Å². The summed E-state index contributed by atoms with van der Waals surface area (Å²) < 4.78 is 5.38. The molecule has 2 N–H and O–H groups in total. The molecule has 2 amide bonds. The zero-order valence-corrected chi connectivity index (χ0v) is 15.6. The van der Waals surface area contributed by atoms with Crippen LogP contribution in [-0.2, 0) is 0 Å². The van der Waals surface area contributed by atoms with Gasteiger partial charge in [-0.2, -0.15) is 0 Å². The maximum Gasteiger partial charge on any atom is 0.319 e. The Labute approximate surface area is 151 Å². The third-order valence-electron chi connectivity index (χ3n) is 4.52. The first-order chi connectivity index (χ1) is 12.2. The minimum atomic E-state index is -0.152. The van der Waals surface area contributed by atoms with Gasteiger partial charge in [-0.15, -0.1) is 0 Å². The molecule has 0 unspecified atom stereocenters. The number of piperazine rings is 1. The highest BCUT2D eigenvalue weighted by atomic mass is 16.5. The van der Waals surface area contributed by atoms with Crippen LogP contribution in [0, 0.1) is 0 Å². The SMILES string of the molecule is CCOc1ccc(NC(=O)NCCCCN2CCN(CC)CC2)cc1. The Morgan fingerprint density at radius 1 is 1.04 bits per heavy atom. The van der Waals surface area contributed by atoms with Crippen molar-refractivity contribution in [1.82, 2.24) is 15.1 Å². The van der Waals surface area contributed by atoms with Crippen LogP contribution < -0.4 is 15.4 Å². The predicted molar refractivity (Wildman–Crippen MR) is 102 cm³/mol. The average molecular weight is 348 g/mol. The summed E-state index contributed by atoms with van der Waals surface area (Å²) >= 11 is 0. The second-order valence-electron chi connectivity index (χ2n) is 6.32. The number of rotatable bonds is 9. The number of carbonyl (C=O) groups is 1. The summed E-state index contributed by atoms with van der Waals surface area (Å²) in [5, 5.41) is 5.76. The Balaban J connectivity index is 1.53. The van der Waals surface area contributed by atoms with Gasteiger partial charge in [-0.1, -0.05) is 6.92 Å². The molecule has 1 fully saturated rings. The Kier molecular flexibility index (Phi) is 8.55. The standard InChI is InChI=1S/C19H32N4O2/c1-3-22-13-15-23(16-14-22)12-6-5-11-20-19(24)21-17-7-9-18(10-8-17)25-4-2/h7-10H,3-6,11-16H2,1-2H3,(H2,20,21,24). The number of benzene rings is 1. The van der Waals surface area contributed by atoms with Gasteiger partial charge >= 0.3 is 6.03 Å². The fourth-order valence-corrected chi connectivity index (χ4v) is 2.97. The fraction of sp³-hybridized carbons (Fsp3) is 0.632. The molecular formula is C19H32N4O2. The lowest BCUT2D eigenvalue weighted by atomic mass is 10.2. The van der Waals surface area contributed by atoms with E-state index in [1.807, 2.05) is 31.2 Å². The van der Waals surface area contributed by atoms with Crippen LogP contribution in [0.15, 0.2) is 24.3 Å². The number of anilines is 1. The lowest BCUT2D eigenvalue weighted by Crippen LogP contribution is -2.46. The molecular weight excluding hydrogens is 316 g/mol. The van der Waals surface area contributed by atoms with E-state index in [9.17, 15) is 4.79 Å². The van der Waals surface area contributed by atoms with Crippen molar-refractivity contribution in [2.24, 2.45) is 0 Å². The number of amides is 2. The van der Waals surface area contributed by atoms with Gasteiger partial charge in [0.25, 0.3) is 0 Å². The Hall–Kier alpha value is -1.79. The third kappa shape index (κ3) is 7.32. The molecule has 1 saturated heterocycles. The van der Waals surface area contributed by atoms with Crippen LogP contribution in [-0.4, -0.2) is 68.3 Å². The van der Waals surface area contributed by atoms with Crippen molar-refractivity contribution >= 4 is 11.7 Å². The normalized spacial score (nSPS) is 15.8. The molecule has 6 heteroatoms. The summed E-state index contributed by atoms with van der Waals surface area (Å²) in [5.74, 6) is 0.813. The maximum atomic E-state index is 11.9. The molecule has 1 aromatic rings. The zero-order valence-electron chi connectivity index (χ0n) is 15.6. The highest BCUT2D eigenvalue weighted by Gasteiger charge is 2.14. The zero-order chi connectivity index (χ0) is 17.9. The van der Waals surface area contributed by atoms with Crippen molar-refractivity contribution in [3.63, 3.8) is 0 Å². The van der Waals surface area contributed by atoms with Crippen LogP contribution in [0.1, 0.15) is 26.7 Å². The third-order valence-corrected chi connectivity index (χ3v) is 4.52. The van der Waals surface area contributed by atoms with Gasteiger partial charge in [-0.25, -0.2) is 4.79 Å². The summed E-state index contributed by atoms with van der Waals surface area (Å²) in [7, 11) is 0. The van der Waals surface area contributed by atoms with Crippen molar-refractivity contribution in [3.05, 3.63) is 24.3 Å². The number of likely N-dealkylation sites (N-methyl/N-ethyl adjacent to an activating group) is 1. The molecule has 140 valence electrons. The smallest absolute Gasteiger partial charge is 0.319 e. The van der Waals surface area contributed by atoms with Crippen LogP contribution in [0.2, 0.25) is 0 Å². The van der Waals surface area contributed by atoms with E-state index in [1.54, 1.807) is 0 Å². The van der Waals surface area contributed by atoms with E-state index < -0.39 is 0 Å². The number of nitrogens with zero attached hydrogens (tertiary/aromatic N) is 2. The van der Waals surface area contributed by atoms with Crippen LogP contribution in [0.25, 0.3) is 0 Å². The molecule has 1 aliphatic rings. The number of hydrogen-bond donors (Lipinski definition) is 2. The second-order valence-corrected chi connectivity index (χ2v) is 6.32. The molecule has 0 saturated carbocycles. The second kappa shape index (κ2) is 10.9. The molecule has 1 aliphatic heterocycles.